The number of nitrogens with zero attached hydrogens (tertiary/aromatic N) is 1. The highest BCUT2D eigenvalue weighted by Gasteiger charge is 2.31. The number of rotatable bonds is 8. The molecule has 0 aliphatic rings. The van der Waals surface area contributed by atoms with Crippen LogP contribution in [0.4, 0.5) is 23.8 Å². The number of hydrogen-bond donors (Lipinski definition) is 3. The Morgan fingerprint density at radius 2 is 2.00 bits per heavy atom. The van der Waals surface area contributed by atoms with E-state index in [1.807, 2.05) is 6.92 Å². The van der Waals surface area contributed by atoms with E-state index in [1.165, 1.54) is 18.2 Å². The fourth-order valence-corrected chi connectivity index (χ4v) is 2.71. The van der Waals surface area contributed by atoms with Gasteiger partial charge >= 0.3 is 12.4 Å². The third-order valence-electron chi connectivity index (χ3n) is 4.12. The van der Waals surface area contributed by atoms with Gasteiger partial charge in [0.2, 0.25) is 0 Å². The van der Waals surface area contributed by atoms with Crippen LogP contribution in [-0.4, -0.2) is 29.1 Å². The number of urea groups is 1. The summed E-state index contributed by atoms with van der Waals surface area (Å²) in [6, 6.07) is 10.4. The number of fused-ring (bicyclic) bond motifs is 1. The molecule has 0 bridgehead atoms. The number of aromatic nitrogens is 2. The lowest BCUT2D eigenvalue weighted by Gasteiger charge is -2.11. The Morgan fingerprint density at radius 1 is 1.17 bits per heavy atom. The fraction of sp³-hybridized carbons (Fsp3) is 0.300. The third kappa shape index (κ3) is 6.03. The quantitative estimate of drug-likeness (QED) is 0.448. The van der Waals surface area contributed by atoms with Crippen molar-refractivity contribution in [2.75, 3.05) is 11.9 Å². The normalized spacial score (nSPS) is 11.3. The monoisotopic (exact) mass is 422 g/mol. The zero-order valence-corrected chi connectivity index (χ0v) is 16.2. The van der Waals surface area contributed by atoms with Crippen molar-refractivity contribution in [1.82, 2.24) is 15.5 Å². The topological polar surface area (TPSA) is 88.3 Å². The summed E-state index contributed by atoms with van der Waals surface area (Å²) >= 11 is 0. The van der Waals surface area contributed by atoms with Crippen LogP contribution in [0.1, 0.15) is 25.3 Å². The molecule has 7 nitrogen and oxygen atoms in total. The van der Waals surface area contributed by atoms with Gasteiger partial charge in [0.05, 0.1) is 5.52 Å². The average molecular weight is 422 g/mol. The summed E-state index contributed by atoms with van der Waals surface area (Å²) in [7, 11) is 0. The summed E-state index contributed by atoms with van der Waals surface area (Å²) in [5, 5.41) is 13.0. The summed E-state index contributed by atoms with van der Waals surface area (Å²) in [6.07, 6.45) is -2.88. The number of amides is 2. The first-order valence-electron chi connectivity index (χ1n) is 9.34. The second-order valence-corrected chi connectivity index (χ2v) is 6.50. The standard InChI is InChI=1S/C20H21F3N4O3/c1-2-3-9-24-19(28)25-18-16-8-7-14(11-17(16)26-27-18)29-12-13-5-4-6-15(10-13)30-20(21,22)23/h4-8,10-11H,2-3,9,12H2,1H3,(H3,24,25,26,27,28). The fourth-order valence-electron chi connectivity index (χ4n) is 2.71. The number of carbonyl (C=O) groups excluding carboxylic acids is 1. The van der Waals surface area contributed by atoms with Crippen molar-refractivity contribution < 1.29 is 27.4 Å². The minimum Gasteiger partial charge on any atom is -0.489 e. The van der Waals surface area contributed by atoms with E-state index in [-0.39, 0.29) is 18.4 Å². The zero-order chi connectivity index (χ0) is 21.6. The lowest BCUT2D eigenvalue weighted by atomic mass is 10.2. The van der Waals surface area contributed by atoms with Crippen LogP contribution in [0, 0.1) is 0 Å². The molecule has 0 aliphatic carbocycles. The van der Waals surface area contributed by atoms with E-state index in [1.54, 1.807) is 24.3 Å². The number of hydrogen-bond acceptors (Lipinski definition) is 4. The Kier molecular flexibility index (Phi) is 6.65. The summed E-state index contributed by atoms with van der Waals surface area (Å²) in [6.45, 7) is 2.67. The minimum atomic E-state index is -4.75. The Bertz CT molecular complexity index is 1000. The van der Waals surface area contributed by atoms with E-state index < -0.39 is 6.36 Å². The number of unbranched alkanes of at least 4 members (excludes halogenated alkanes) is 1. The summed E-state index contributed by atoms with van der Waals surface area (Å²) in [5.74, 6) is 0.579. The molecule has 1 aromatic heterocycles. The Labute approximate surface area is 170 Å². The molecule has 3 N–H and O–H groups in total. The Balaban J connectivity index is 1.62. The van der Waals surface area contributed by atoms with Crippen LogP contribution in [0.15, 0.2) is 42.5 Å². The maximum absolute atomic E-state index is 12.3. The van der Waals surface area contributed by atoms with Crippen molar-refractivity contribution in [2.45, 2.75) is 32.7 Å². The molecule has 0 atom stereocenters. The van der Waals surface area contributed by atoms with Crippen LogP contribution >= 0.6 is 0 Å². The summed E-state index contributed by atoms with van der Waals surface area (Å²) in [4.78, 5) is 11.9. The predicted octanol–water partition coefficient (Wildman–Crippen LogP) is 4.96. The van der Waals surface area contributed by atoms with Gasteiger partial charge < -0.3 is 14.8 Å². The van der Waals surface area contributed by atoms with Gasteiger partial charge in [-0.25, -0.2) is 4.79 Å². The largest absolute Gasteiger partial charge is 0.573 e. The van der Waals surface area contributed by atoms with Gasteiger partial charge in [-0.15, -0.1) is 13.2 Å². The lowest BCUT2D eigenvalue weighted by Crippen LogP contribution is -2.29. The second-order valence-electron chi connectivity index (χ2n) is 6.50. The SMILES string of the molecule is CCCCNC(=O)Nc1n[nH]c2cc(OCc3cccc(OC(F)(F)F)c3)ccc12. The van der Waals surface area contributed by atoms with E-state index in [4.69, 9.17) is 4.74 Å². The molecule has 0 spiro atoms. The summed E-state index contributed by atoms with van der Waals surface area (Å²) < 4.78 is 46.6. The van der Waals surface area contributed by atoms with E-state index in [9.17, 15) is 18.0 Å². The molecule has 160 valence electrons. The predicted molar refractivity (Wildman–Crippen MR) is 105 cm³/mol. The number of alkyl halides is 3. The molecule has 0 saturated carbocycles. The molecule has 2 aromatic carbocycles. The number of nitrogens with one attached hydrogen (secondary N) is 3. The number of H-pyrrole nitrogens is 1. The molecule has 3 aromatic rings. The number of anilines is 1. The van der Waals surface area contributed by atoms with Crippen molar-refractivity contribution in [3.63, 3.8) is 0 Å². The van der Waals surface area contributed by atoms with Gasteiger partial charge in [-0.2, -0.15) is 5.10 Å². The minimum absolute atomic E-state index is 0.0552. The van der Waals surface area contributed by atoms with Gasteiger partial charge in [0.15, 0.2) is 5.82 Å². The lowest BCUT2D eigenvalue weighted by molar-refractivity contribution is -0.274. The molecule has 10 heteroatoms. The Hall–Kier alpha value is -3.43. The van der Waals surface area contributed by atoms with Crippen LogP contribution in [0.2, 0.25) is 0 Å². The van der Waals surface area contributed by atoms with Gasteiger partial charge in [-0.1, -0.05) is 25.5 Å². The molecular weight excluding hydrogens is 401 g/mol. The highest BCUT2D eigenvalue weighted by atomic mass is 19.4. The molecule has 0 fully saturated rings. The van der Waals surface area contributed by atoms with Crippen LogP contribution < -0.4 is 20.1 Å². The van der Waals surface area contributed by atoms with Gasteiger partial charge in [-0.3, -0.25) is 10.4 Å². The van der Waals surface area contributed by atoms with Gasteiger partial charge in [0.1, 0.15) is 18.1 Å². The average Bonchev–Trinajstić information content (AvgIpc) is 3.07. The van der Waals surface area contributed by atoms with Crippen molar-refractivity contribution in [3.05, 3.63) is 48.0 Å². The highest BCUT2D eigenvalue weighted by molar-refractivity contribution is 5.99. The molecule has 1 heterocycles. The second kappa shape index (κ2) is 9.38. The maximum atomic E-state index is 12.3. The molecule has 0 aliphatic heterocycles. The highest BCUT2D eigenvalue weighted by Crippen LogP contribution is 2.26. The molecular formula is C20H21F3N4O3. The van der Waals surface area contributed by atoms with Crippen LogP contribution in [0.5, 0.6) is 11.5 Å². The van der Waals surface area contributed by atoms with Crippen LogP contribution in [0.25, 0.3) is 10.9 Å². The third-order valence-corrected chi connectivity index (χ3v) is 4.12. The Morgan fingerprint density at radius 3 is 2.77 bits per heavy atom. The first-order chi connectivity index (χ1) is 14.3. The van der Waals surface area contributed by atoms with E-state index >= 15 is 0 Å². The molecule has 0 saturated heterocycles. The number of halogens is 3. The molecule has 0 radical (unpaired) electrons. The van der Waals surface area contributed by atoms with Crippen molar-refractivity contribution in [1.29, 1.82) is 0 Å². The van der Waals surface area contributed by atoms with Gasteiger partial charge in [0, 0.05) is 18.0 Å². The van der Waals surface area contributed by atoms with Crippen molar-refractivity contribution in [3.8, 4) is 11.5 Å². The smallest absolute Gasteiger partial charge is 0.489 e. The van der Waals surface area contributed by atoms with Crippen molar-refractivity contribution in [2.24, 2.45) is 0 Å². The first kappa shape index (κ1) is 21.3. The zero-order valence-electron chi connectivity index (χ0n) is 16.2. The van der Waals surface area contributed by atoms with Crippen LogP contribution in [0.3, 0.4) is 0 Å². The molecule has 3 rings (SSSR count). The van der Waals surface area contributed by atoms with Gasteiger partial charge in [0.25, 0.3) is 0 Å². The van der Waals surface area contributed by atoms with Crippen LogP contribution in [-0.2, 0) is 6.61 Å². The molecule has 30 heavy (non-hydrogen) atoms. The van der Waals surface area contributed by atoms with E-state index in [2.05, 4.69) is 25.6 Å². The maximum Gasteiger partial charge on any atom is 0.573 e. The number of ether oxygens (including phenoxy) is 2. The number of aromatic amines is 1. The molecule has 2 amide bonds. The van der Waals surface area contributed by atoms with Gasteiger partial charge in [-0.05, 0) is 36.2 Å². The summed E-state index contributed by atoms with van der Waals surface area (Å²) in [5.41, 5.74) is 1.16. The number of carbonyl (C=O) groups is 1. The molecule has 0 unspecified atom stereocenters. The first-order valence-corrected chi connectivity index (χ1v) is 9.34. The van der Waals surface area contributed by atoms with E-state index in [0.29, 0.717) is 34.6 Å². The van der Waals surface area contributed by atoms with Crippen molar-refractivity contribution >= 4 is 22.8 Å². The number of benzene rings is 2. The van der Waals surface area contributed by atoms with E-state index in [0.717, 1.165) is 12.8 Å².